The highest BCUT2D eigenvalue weighted by Gasteiger charge is 2.32. The highest BCUT2D eigenvalue weighted by atomic mass is 19.1. The largest absolute Gasteiger partial charge is 0.442 e. The van der Waals surface area contributed by atoms with E-state index in [1.165, 1.54) is 29.2 Å². The van der Waals surface area contributed by atoms with Crippen LogP contribution in [0.1, 0.15) is 10.4 Å². The van der Waals surface area contributed by atoms with Crippen LogP contribution in [0.25, 0.3) is 0 Å². The number of ether oxygens (including phenoxy) is 1. The third kappa shape index (κ3) is 3.48. The van der Waals surface area contributed by atoms with Gasteiger partial charge in [-0.15, -0.1) is 0 Å². The third-order valence-electron chi connectivity index (χ3n) is 3.54. The van der Waals surface area contributed by atoms with E-state index >= 15 is 0 Å². The summed E-state index contributed by atoms with van der Waals surface area (Å²) in [5.74, 6) is -0.732. The molecular formula is C17H15FN2O3. The minimum absolute atomic E-state index is 0.200. The Balaban J connectivity index is 1.56. The van der Waals surface area contributed by atoms with Crippen LogP contribution in [0.3, 0.4) is 0 Å². The molecule has 118 valence electrons. The molecule has 0 aliphatic carbocycles. The molecule has 5 nitrogen and oxygen atoms in total. The molecule has 2 amide bonds. The molecule has 1 heterocycles. The Labute approximate surface area is 132 Å². The van der Waals surface area contributed by atoms with E-state index in [0.717, 1.165) is 5.69 Å². The van der Waals surface area contributed by atoms with Gasteiger partial charge in [0.05, 0.1) is 13.1 Å². The second kappa shape index (κ2) is 6.48. The maximum atomic E-state index is 12.8. The van der Waals surface area contributed by atoms with E-state index in [1.54, 1.807) is 0 Å². The predicted molar refractivity (Wildman–Crippen MR) is 82.8 cm³/mol. The second-order valence-electron chi connectivity index (χ2n) is 5.17. The fraction of sp³-hybridized carbons (Fsp3) is 0.176. The van der Waals surface area contributed by atoms with Crippen LogP contribution in [0, 0.1) is 5.82 Å². The molecule has 1 unspecified atom stereocenters. The SMILES string of the molecule is O=C(NCC1CN(c2ccccc2)C(=O)O1)c1ccc(F)cc1. The van der Waals surface area contributed by atoms with Crippen LogP contribution in [-0.2, 0) is 4.74 Å². The number of amides is 2. The lowest BCUT2D eigenvalue weighted by Crippen LogP contribution is -2.34. The molecule has 2 aromatic carbocycles. The smallest absolute Gasteiger partial charge is 0.414 e. The van der Waals surface area contributed by atoms with E-state index in [9.17, 15) is 14.0 Å². The summed E-state index contributed by atoms with van der Waals surface area (Å²) in [6.07, 6.45) is -0.857. The van der Waals surface area contributed by atoms with Crippen molar-refractivity contribution in [3.8, 4) is 0 Å². The summed E-state index contributed by atoms with van der Waals surface area (Å²) in [5.41, 5.74) is 1.11. The minimum Gasteiger partial charge on any atom is -0.442 e. The maximum absolute atomic E-state index is 12.8. The maximum Gasteiger partial charge on any atom is 0.414 e. The van der Waals surface area contributed by atoms with Crippen molar-refractivity contribution in [2.24, 2.45) is 0 Å². The standard InChI is InChI=1S/C17H15FN2O3/c18-13-8-6-12(7-9-13)16(21)19-10-15-11-20(17(22)23-15)14-4-2-1-3-5-14/h1-9,15H,10-11H2,(H,19,21). The predicted octanol–water partition coefficient (Wildman–Crippen LogP) is 2.58. The van der Waals surface area contributed by atoms with Gasteiger partial charge in [-0.2, -0.15) is 0 Å². The van der Waals surface area contributed by atoms with Crippen LogP contribution in [-0.4, -0.2) is 31.2 Å². The van der Waals surface area contributed by atoms with Crippen molar-refractivity contribution in [1.82, 2.24) is 5.32 Å². The molecule has 6 heteroatoms. The lowest BCUT2D eigenvalue weighted by atomic mass is 10.2. The molecule has 1 N–H and O–H groups in total. The number of carbonyl (C=O) groups is 2. The van der Waals surface area contributed by atoms with E-state index in [0.29, 0.717) is 12.1 Å². The lowest BCUT2D eigenvalue weighted by molar-refractivity contribution is 0.0916. The Bertz CT molecular complexity index is 704. The molecule has 1 saturated heterocycles. The van der Waals surface area contributed by atoms with Gasteiger partial charge in [-0.25, -0.2) is 9.18 Å². The zero-order valence-electron chi connectivity index (χ0n) is 12.2. The monoisotopic (exact) mass is 314 g/mol. The third-order valence-corrected chi connectivity index (χ3v) is 3.54. The fourth-order valence-electron chi connectivity index (χ4n) is 2.36. The number of anilines is 1. The molecular weight excluding hydrogens is 299 g/mol. The second-order valence-corrected chi connectivity index (χ2v) is 5.17. The Morgan fingerprint density at radius 2 is 1.87 bits per heavy atom. The van der Waals surface area contributed by atoms with Crippen LogP contribution in [0.4, 0.5) is 14.9 Å². The van der Waals surface area contributed by atoms with Gasteiger partial charge in [-0.3, -0.25) is 9.69 Å². The molecule has 2 aromatic rings. The minimum atomic E-state index is -0.433. The van der Waals surface area contributed by atoms with Crippen LogP contribution >= 0.6 is 0 Å². The molecule has 0 bridgehead atoms. The van der Waals surface area contributed by atoms with Crippen LogP contribution in [0.5, 0.6) is 0 Å². The van der Waals surface area contributed by atoms with Crippen molar-refractivity contribution < 1.29 is 18.7 Å². The Hall–Kier alpha value is -2.89. The summed E-state index contributed by atoms with van der Waals surface area (Å²) in [4.78, 5) is 25.4. The normalized spacial score (nSPS) is 17.0. The van der Waals surface area contributed by atoms with E-state index in [2.05, 4.69) is 5.32 Å². The van der Waals surface area contributed by atoms with Gasteiger partial charge in [-0.1, -0.05) is 18.2 Å². The summed E-state index contributed by atoms with van der Waals surface area (Å²) < 4.78 is 18.1. The number of nitrogens with zero attached hydrogens (tertiary/aromatic N) is 1. The number of cyclic esters (lactones) is 1. The first kappa shape index (κ1) is 15.0. The molecule has 0 radical (unpaired) electrons. The summed E-state index contributed by atoms with van der Waals surface area (Å²) in [6, 6.07) is 14.4. The van der Waals surface area contributed by atoms with Gasteiger partial charge >= 0.3 is 6.09 Å². The number of para-hydroxylation sites is 1. The average molecular weight is 314 g/mol. The topological polar surface area (TPSA) is 58.6 Å². The number of nitrogens with one attached hydrogen (secondary N) is 1. The van der Waals surface area contributed by atoms with E-state index < -0.39 is 18.0 Å². The summed E-state index contributed by atoms with van der Waals surface area (Å²) in [6.45, 7) is 0.567. The van der Waals surface area contributed by atoms with Gasteiger partial charge in [0.2, 0.25) is 0 Å². The van der Waals surface area contributed by atoms with Crippen molar-refractivity contribution in [3.05, 3.63) is 66.0 Å². The lowest BCUT2D eigenvalue weighted by Gasteiger charge is -2.12. The first-order valence-electron chi connectivity index (χ1n) is 7.20. The van der Waals surface area contributed by atoms with E-state index in [4.69, 9.17) is 4.74 Å². The molecule has 0 saturated carbocycles. The van der Waals surface area contributed by atoms with Gasteiger partial charge in [-0.05, 0) is 36.4 Å². The molecule has 1 aliphatic heterocycles. The number of hydrogen-bond acceptors (Lipinski definition) is 3. The molecule has 23 heavy (non-hydrogen) atoms. The van der Waals surface area contributed by atoms with Crippen LogP contribution in [0.2, 0.25) is 0 Å². The summed E-state index contributed by atoms with van der Waals surface area (Å²) in [7, 11) is 0. The van der Waals surface area contributed by atoms with Gasteiger partial charge in [0, 0.05) is 11.3 Å². The Morgan fingerprint density at radius 3 is 2.57 bits per heavy atom. The van der Waals surface area contributed by atoms with Crippen molar-refractivity contribution in [2.75, 3.05) is 18.0 Å². The highest BCUT2D eigenvalue weighted by molar-refractivity contribution is 5.94. The molecule has 0 spiro atoms. The Morgan fingerprint density at radius 1 is 1.17 bits per heavy atom. The first-order valence-corrected chi connectivity index (χ1v) is 7.20. The van der Waals surface area contributed by atoms with Gasteiger partial charge in [0.1, 0.15) is 11.9 Å². The quantitative estimate of drug-likeness (QED) is 0.943. The number of halogens is 1. The number of benzene rings is 2. The molecule has 1 aliphatic rings. The average Bonchev–Trinajstić information content (AvgIpc) is 2.95. The fourth-order valence-corrected chi connectivity index (χ4v) is 2.36. The zero-order valence-corrected chi connectivity index (χ0v) is 12.2. The molecule has 0 aromatic heterocycles. The molecule has 3 rings (SSSR count). The van der Waals surface area contributed by atoms with Crippen molar-refractivity contribution in [1.29, 1.82) is 0 Å². The van der Waals surface area contributed by atoms with Crippen molar-refractivity contribution in [3.63, 3.8) is 0 Å². The van der Waals surface area contributed by atoms with Crippen LogP contribution < -0.4 is 10.2 Å². The summed E-state index contributed by atoms with van der Waals surface area (Å²) >= 11 is 0. The first-order chi connectivity index (χ1) is 11.1. The van der Waals surface area contributed by atoms with Gasteiger partial charge < -0.3 is 10.1 Å². The highest BCUT2D eigenvalue weighted by Crippen LogP contribution is 2.20. The number of carbonyl (C=O) groups excluding carboxylic acids is 2. The molecule has 1 atom stereocenters. The molecule has 1 fully saturated rings. The van der Waals surface area contributed by atoms with E-state index in [1.807, 2.05) is 30.3 Å². The van der Waals surface area contributed by atoms with Crippen LogP contribution in [0.15, 0.2) is 54.6 Å². The van der Waals surface area contributed by atoms with Crippen molar-refractivity contribution >= 4 is 17.7 Å². The Kier molecular flexibility index (Phi) is 4.23. The number of hydrogen-bond donors (Lipinski definition) is 1. The zero-order chi connectivity index (χ0) is 16.2. The van der Waals surface area contributed by atoms with Crippen molar-refractivity contribution in [2.45, 2.75) is 6.10 Å². The van der Waals surface area contributed by atoms with Gasteiger partial charge in [0.15, 0.2) is 0 Å². The van der Waals surface area contributed by atoms with Gasteiger partial charge in [0.25, 0.3) is 5.91 Å². The summed E-state index contributed by atoms with van der Waals surface area (Å²) in [5, 5.41) is 2.69. The number of rotatable bonds is 4. The van der Waals surface area contributed by atoms with E-state index in [-0.39, 0.29) is 12.5 Å².